The minimum atomic E-state index is 0.686. The molecule has 1 saturated heterocycles. The van der Waals surface area contributed by atoms with Crippen molar-refractivity contribution in [2.24, 2.45) is 0 Å². The van der Waals surface area contributed by atoms with Crippen LogP contribution in [0.2, 0.25) is 0 Å². The van der Waals surface area contributed by atoms with Gasteiger partial charge in [-0.05, 0) is 49.8 Å². The largest absolute Gasteiger partial charge is 0.296 e. The predicted molar refractivity (Wildman–Crippen MR) is 74.3 cm³/mol. The zero-order chi connectivity index (χ0) is 12.3. The van der Waals surface area contributed by atoms with E-state index in [1.54, 1.807) is 0 Å². The molecule has 0 N–H and O–H groups in total. The summed E-state index contributed by atoms with van der Waals surface area (Å²) in [4.78, 5) is 2.61. The molecule has 1 aromatic rings. The summed E-state index contributed by atoms with van der Waals surface area (Å²) in [5.74, 6) is 0.686. The molecule has 1 aliphatic heterocycles. The molecule has 0 aromatic heterocycles. The molecule has 17 heavy (non-hydrogen) atoms. The average molecular weight is 231 g/mol. The average Bonchev–Trinajstić information content (AvgIpc) is 2.74. The molecule has 1 nitrogen and oxygen atoms in total. The number of nitrogens with zero attached hydrogens (tertiary/aromatic N) is 1. The molecule has 0 bridgehead atoms. The summed E-state index contributed by atoms with van der Waals surface area (Å²) < 4.78 is 0. The first-order valence-electron chi connectivity index (χ1n) is 7.03. The molecular formula is C16H25N. The van der Waals surface area contributed by atoms with Crippen LogP contribution < -0.4 is 0 Å². The van der Waals surface area contributed by atoms with Crippen molar-refractivity contribution in [3.8, 4) is 0 Å². The maximum Gasteiger partial charge on any atom is 0.0236 e. The maximum absolute atomic E-state index is 2.61. The Morgan fingerprint density at radius 2 is 2.24 bits per heavy atom. The van der Waals surface area contributed by atoms with Gasteiger partial charge in [0.05, 0.1) is 0 Å². The highest BCUT2D eigenvalue weighted by atomic mass is 15.2. The summed E-state index contributed by atoms with van der Waals surface area (Å²) in [7, 11) is 0. The van der Waals surface area contributed by atoms with Gasteiger partial charge >= 0.3 is 0 Å². The van der Waals surface area contributed by atoms with Crippen LogP contribution in [0.3, 0.4) is 0 Å². The summed E-state index contributed by atoms with van der Waals surface area (Å²) in [6.45, 7) is 9.34. The number of hydrogen-bond donors (Lipinski definition) is 0. The Hall–Kier alpha value is -0.820. The van der Waals surface area contributed by atoms with Crippen molar-refractivity contribution in [2.45, 2.75) is 58.5 Å². The van der Waals surface area contributed by atoms with Crippen molar-refractivity contribution in [3.05, 3.63) is 35.4 Å². The minimum Gasteiger partial charge on any atom is -0.296 e. The smallest absolute Gasteiger partial charge is 0.0236 e. The second kappa shape index (κ2) is 5.68. The standard InChI is InChI=1S/C16H25N/c1-4-13(2)16-9-5-8-15(11-16)12-17-10-6-7-14(17)3/h5,8-9,11,13-14H,4,6-7,10,12H2,1-3H3. The van der Waals surface area contributed by atoms with E-state index in [9.17, 15) is 0 Å². The molecule has 2 rings (SSSR count). The quantitative estimate of drug-likeness (QED) is 0.751. The molecule has 94 valence electrons. The molecule has 0 spiro atoms. The molecule has 0 amide bonds. The molecule has 1 heteroatoms. The van der Waals surface area contributed by atoms with Gasteiger partial charge in [-0.1, -0.05) is 38.1 Å². The fraction of sp³-hybridized carbons (Fsp3) is 0.625. The number of benzene rings is 1. The van der Waals surface area contributed by atoms with Gasteiger partial charge in [-0.15, -0.1) is 0 Å². The second-order valence-corrected chi connectivity index (χ2v) is 5.52. The van der Waals surface area contributed by atoms with E-state index in [2.05, 4.69) is 49.9 Å². The van der Waals surface area contributed by atoms with Gasteiger partial charge in [-0.3, -0.25) is 4.90 Å². The van der Waals surface area contributed by atoms with Crippen LogP contribution in [-0.4, -0.2) is 17.5 Å². The van der Waals surface area contributed by atoms with Gasteiger partial charge in [0.2, 0.25) is 0 Å². The summed E-state index contributed by atoms with van der Waals surface area (Å²) in [6, 6.07) is 9.93. The molecule has 1 aromatic carbocycles. The van der Waals surface area contributed by atoms with Crippen molar-refractivity contribution in [3.63, 3.8) is 0 Å². The van der Waals surface area contributed by atoms with E-state index in [1.165, 1.54) is 36.9 Å². The van der Waals surface area contributed by atoms with Crippen LogP contribution in [0.1, 0.15) is 57.1 Å². The maximum atomic E-state index is 2.61. The first-order valence-corrected chi connectivity index (χ1v) is 7.03. The van der Waals surface area contributed by atoms with Crippen LogP contribution in [0.5, 0.6) is 0 Å². The molecule has 2 atom stereocenters. The Kier molecular flexibility index (Phi) is 4.22. The normalized spacial score (nSPS) is 22.9. The lowest BCUT2D eigenvalue weighted by Gasteiger charge is -2.21. The first-order chi connectivity index (χ1) is 8.20. The molecule has 2 unspecified atom stereocenters. The van der Waals surface area contributed by atoms with E-state index >= 15 is 0 Å². The molecule has 1 aliphatic rings. The van der Waals surface area contributed by atoms with E-state index in [0.29, 0.717) is 5.92 Å². The Morgan fingerprint density at radius 1 is 1.41 bits per heavy atom. The Morgan fingerprint density at radius 3 is 2.88 bits per heavy atom. The van der Waals surface area contributed by atoms with Gasteiger partial charge in [0, 0.05) is 12.6 Å². The summed E-state index contributed by atoms with van der Waals surface area (Å²) in [6.07, 6.45) is 3.96. The van der Waals surface area contributed by atoms with E-state index in [4.69, 9.17) is 0 Å². The Labute approximate surface area is 106 Å². The Bertz CT molecular complexity index is 358. The van der Waals surface area contributed by atoms with Crippen molar-refractivity contribution in [1.29, 1.82) is 0 Å². The van der Waals surface area contributed by atoms with Gasteiger partial charge in [0.25, 0.3) is 0 Å². The third-order valence-corrected chi connectivity index (χ3v) is 4.21. The van der Waals surface area contributed by atoms with Crippen LogP contribution >= 0.6 is 0 Å². The predicted octanol–water partition coefficient (Wildman–Crippen LogP) is 4.18. The van der Waals surface area contributed by atoms with E-state index < -0.39 is 0 Å². The topological polar surface area (TPSA) is 3.24 Å². The van der Waals surface area contributed by atoms with Crippen LogP contribution in [-0.2, 0) is 6.54 Å². The van der Waals surface area contributed by atoms with Crippen LogP contribution in [0, 0.1) is 0 Å². The van der Waals surface area contributed by atoms with E-state index in [1.807, 2.05) is 0 Å². The number of likely N-dealkylation sites (tertiary alicyclic amines) is 1. The third-order valence-electron chi connectivity index (χ3n) is 4.21. The SMILES string of the molecule is CCC(C)c1cccc(CN2CCCC2C)c1. The van der Waals surface area contributed by atoms with Crippen LogP contribution in [0.15, 0.2) is 24.3 Å². The second-order valence-electron chi connectivity index (χ2n) is 5.52. The fourth-order valence-electron chi connectivity index (χ4n) is 2.70. The lowest BCUT2D eigenvalue weighted by molar-refractivity contribution is 0.260. The molecule has 1 fully saturated rings. The number of rotatable bonds is 4. The fourth-order valence-corrected chi connectivity index (χ4v) is 2.70. The number of hydrogen-bond acceptors (Lipinski definition) is 1. The van der Waals surface area contributed by atoms with Gasteiger partial charge < -0.3 is 0 Å². The van der Waals surface area contributed by atoms with E-state index in [-0.39, 0.29) is 0 Å². The van der Waals surface area contributed by atoms with Crippen molar-refractivity contribution in [1.82, 2.24) is 4.90 Å². The van der Waals surface area contributed by atoms with E-state index in [0.717, 1.165) is 12.6 Å². The van der Waals surface area contributed by atoms with Gasteiger partial charge in [-0.25, -0.2) is 0 Å². The lowest BCUT2D eigenvalue weighted by Crippen LogP contribution is -2.26. The van der Waals surface area contributed by atoms with Crippen molar-refractivity contribution < 1.29 is 0 Å². The molecule has 0 radical (unpaired) electrons. The third kappa shape index (κ3) is 3.10. The summed E-state index contributed by atoms with van der Waals surface area (Å²) >= 11 is 0. The molecule has 0 saturated carbocycles. The zero-order valence-corrected chi connectivity index (χ0v) is 11.4. The highest BCUT2D eigenvalue weighted by Gasteiger charge is 2.20. The monoisotopic (exact) mass is 231 g/mol. The van der Waals surface area contributed by atoms with Crippen molar-refractivity contribution >= 4 is 0 Å². The Balaban J connectivity index is 2.05. The highest BCUT2D eigenvalue weighted by molar-refractivity contribution is 5.26. The summed E-state index contributed by atoms with van der Waals surface area (Å²) in [5.41, 5.74) is 2.98. The summed E-state index contributed by atoms with van der Waals surface area (Å²) in [5, 5.41) is 0. The van der Waals surface area contributed by atoms with Crippen molar-refractivity contribution in [2.75, 3.05) is 6.54 Å². The molecular weight excluding hydrogens is 206 g/mol. The highest BCUT2D eigenvalue weighted by Crippen LogP contribution is 2.23. The van der Waals surface area contributed by atoms with Gasteiger partial charge in [0.15, 0.2) is 0 Å². The van der Waals surface area contributed by atoms with Crippen LogP contribution in [0.4, 0.5) is 0 Å². The van der Waals surface area contributed by atoms with Gasteiger partial charge in [-0.2, -0.15) is 0 Å². The first kappa shape index (κ1) is 12.6. The molecule has 0 aliphatic carbocycles. The minimum absolute atomic E-state index is 0.686. The van der Waals surface area contributed by atoms with Crippen LogP contribution in [0.25, 0.3) is 0 Å². The van der Waals surface area contributed by atoms with Gasteiger partial charge in [0.1, 0.15) is 0 Å². The molecule has 1 heterocycles. The lowest BCUT2D eigenvalue weighted by atomic mass is 9.97. The zero-order valence-electron chi connectivity index (χ0n) is 11.4.